The molecule has 148 valence electrons. The number of aromatic nitrogens is 2. The maximum absolute atomic E-state index is 12.6. The van der Waals surface area contributed by atoms with E-state index in [0.29, 0.717) is 30.2 Å². The summed E-state index contributed by atoms with van der Waals surface area (Å²) in [5.41, 5.74) is 2.99. The van der Waals surface area contributed by atoms with Crippen LogP contribution < -0.4 is 19.5 Å². The number of hydrogen-bond donors (Lipinski definition) is 2. The monoisotopic (exact) mass is 391 g/mol. The molecule has 0 radical (unpaired) electrons. The Morgan fingerprint density at radius 3 is 2.79 bits per heavy atom. The van der Waals surface area contributed by atoms with E-state index in [9.17, 15) is 4.79 Å². The van der Waals surface area contributed by atoms with Crippen LogP contribution in [0.1, 0.15) is 34.5 Å². The Balaban J connectivity index is 1.49. The molecule has 29 heavy (non-hydrogen) atoms. The molecular weight excluding hydrogens is 370 g/mol. The number of benzene rings is 2. The van der Waals surface area contributed by atoms with Crippen LogP contribution in [0, 0.1) is 0 Å². The van der Waals surface area contributed by atoms with Gasteiger partial charge in [-0.1, -0.05) is 12.1 Å². The normalized spacial score (nSPS) is 15.6. The van der Waals surface area contributed by atoms with Gasteiger partial charge in [-0.05, 0) is 48.7 Å². The number of carbonyl (C=O) groups excluding carboxylic acids is 1. The molecule has 0 atom stereocenters. The molecule has 0 unspecified atom stereocenters. The Morgan fingerprint density at radius 2 is 2.00 bits per heavy atom. The van der Waals surface area contributed by atoms with E-state index in [2.05, 4.69) is 15.5 Å². The minimum absolute atomic E-state index is 0.116. The van der Waals surface area contributed by atoms with Gasteiger partial charge in [0.05, 0.1) is 29.3 Å². The van der Waals surface area contributed by atoms with Gasteiger partial charge in [0.1, 0.15) is 19.0 Å². The van der Waals surface area contributed by atoms with Crippen molar-refractivity contribution in [2.45, 2.75) is 18.9 Å². The number of methoxy groups -OCH3 is 1. The van der Waals surface area contributed by atoms with Crippen LogP contribution in [0.3, 0.4) is 0 Å². The van der Waals surface area contributed by atoms with Gasteiger partial charge in [-0.25, -0.2) is 0 Å². The molecule has 3 aromatic rings. The van der Waals surface area contributed by atoms with Crippen molar-refractivity contribution in [1.82, 2.24) is 15.5 Å². The lowest BCUT2D eigenvalue weighted by molar-refractivity contribution is 0.0948. The van der Waals surface area contributed by atoms with Crippen LogP contribution in [-0.4, -0.2) is 42.5 Å². The molecule has 2 aromatic carbocycles. The first kappa shape index (κ1) is 17.6. The van der Waals surface area contributed by atoms with Gasteiger partial charge in [0, 0.05) is 6.04 Å². The first-order valence-electron chi connectivity index (χ1n) is 9.66. The number of H-pyrrole nitrogens is 1. The topological polar surface area (TPSA) is 85.5 Å². The second-order valence-electron chi connectivity index (χ2n) is 7.16. The number of aromatic amines is 1. The molecule has 7 nitrogen and oxygen atoms in total. The molecule has 2 N–H and O–H groups in total. The van der Waals surface area contributed by atoms with Crippen molar-refractivity contribution in [2.75, 3.05) is 20.3 Å². The van der Waals surface area contributed by atoms with E-state index in [1.807, 2.05) is 36.4 Å². The van der Waals surface area contributed by atoms with Crippen molar-refractivity contribution in [1.29, 1.82) is 0 Å². The Labute approximate surface area is 167 Å². The molecular formula is C22H21N3O4. The van der Waals surface area contributed by atoms with Gasteiger partial charge in [0.15, 0.2) is 11.5 Å². The summed E-state index contributed by atoms with van der Waals surface area (Å²) in [5, 5.41) is 11.2. The van der Waals surface area contributed by atoms with Crippen LogP contribution in [-0.2, 0) is 0 Å². The van der Waals surface area contributed by atoms with E-state index in [1.54, 1.807) is 13.2 Å². The molecule has 1 aromatic heterocycles. The molecule has 1 aliphatic carbocycles. The van der Waals surface area contributed by atoms with Crippen LogP contribution in [0.25, 0.3) is 23.1 Å². The van der Waals surface area contributed by atoms with Gasteiger partial charge in [-0.2, -0.15) is 5.10 Å². The van der Waals surface area contributed by atoms with Crippen molar-refractivity contribution in [3.63, 3.8) is 0 Å². The highest BCUT2D eigenvalue weighted by atomic mass is 16.6. The van der Waals surface area contributed by atoms with Crippen molar-refractivity contribution in [3.05, 3.63) is 47.2 Å². The maximum atomic E-state index is 12.6. The van der Waals surface area contributed by atoms with Gasteiger partial charge in [0.2, 0.25) is 0 Å². The third-order valence-electron chi connectivity index (χ3n) is 5.07. The summed E-state index contributed by atoms with van der Waals surface area (Å²) in [6, 6.07) is 9.70. The molecule has 7 heteroatoms. The summed E-state index contributed by atoms with van der Waals surface area (Å²) in [5.74, 6) is 1.90. The highest BCUT2D eigenvalue weighted by Gasteiger charge is 2.26. The average Bonchev–Trinajstić information content (AvgIpc) is 3.47. The molecule has 2 heterocycles. The summed E-state index contributed by atoms with van der Waals surface area (Å²) in [6.45, 7) is 1.12. The molecule has 2 aliphatic rings. The fourth-order valence-corrected chi connectivity index (χ4v) is 3.45. The third kappa shape index (κ3) is 3.40. The van der Waals surface area contributed by atoms with Gasteiger partial charge < -0.3 is 19.5 Å². The quantitative estimate of drug-likeness (QED) is 0.696. The van der Waals surface area contributed by atoms with E-state index >= 15 is 0 Å². The lowest BCUT2D eigenvalue weighted by Gasteiger charge is -2.18. The number of carbonyl (C=O) groups is 1. The fourth-order valence-electron chi connectivity index (χ4n) is 3.45. The predicted molar refractivity (Wildman–Crippen MR) is 109 cm³/mol. The summed E-state index contributed by atoms with van der Waals surface area (Å²) in [7, 11) is 1.57. The van der Waals surface area contributed by atoms with Gasteiger partial charge in [0.25, 0.3) is 5.91 Å². The number of nitrogens with zero attached hydrogens (tertiary/aromatic N) is 1. The molecule has 0 saturated heterocycles. The largest absolute Gasteiger partial charge is 0.495 e. The highest BCUT2D eigenvalue weighted by molar-refractivity contribution is 6.05. The molecule has 0 bridgehead atoms. The van der Waals surface area contributed by atoms with E-state index in [-0.39, 0.29) is 11.9 Å². The van der Waals surface area contributed by atoms with E-state index in [4.69, 9.17) is 14.2 Å². The second kappa shape index (κ2) is 7.16. The Kier molecular flexibility index (Phi) is 4.35. The smallest absolute Gasteiger partial charge is 0.255 e. The number of fused-ring (bicyclic) bond motifs is 2. The lowest BCUT2D eigenvalue weighted by Crippen LogP contribution is -2.25. The molecule has 1 saturated carbocycles. The maximum Gasteiger partial charge on any atom is 0.255 e. The summed E-state index contributed by atoms with van der Waals surface area (Å²) in [4.78, 5) is 12.6. The predicted octanol–water partition coefficient (Wildman–Crippen LogP) is 3.41. The lowest BCUT2D eigenvalue weighted by atomic mass is 10.1. The zero-order chi connectivity index (χ0) is 19.8. The first-order chi connectivity index (χ1) is 14.2. The molecule has 0 spiro atoms. The van der Waals surface area contributed by atoms with E-state index in [1.165, 1.54) is 0 Å². The summed E-state index contributed by atoms with van der Waals surface area (Å²) >= 11 is 0. The second-order valence-corrected chi connectivity index (χ2v) is 7.16. The van der Waals surface area contributed by atoms with Gasteiger partial charge in [-0.3, -0.25) is 9.89 Å². The summed E-state index contributed by atoms with van der Waals surface area (Å²) < 4.78 is 16.8. The Bertz CT molecular complexity index is 1110. The third-order valence-corrected chi connectivity index (χ3v) is 5.07. The molecule has 1 fully saturated rings. The molecule has 1 amide bonds. The number of hydrogen-bond acceptors (Lipinski definition) is 5. The van der Waals surface area contributed by atoms with E-state index < -0.39 is 0 Å². The molecule has 5 rings (SSSR count). The zero-order valence-corrected chi connectivity index (χ0v) is 16.0. The number of nitrogens with one attached hydrogen (secondary N) is 2. The minimum atomic E-state index is -0.116. The Hall–Kier alpha value is -3.48. The highest BCUT2D eigenvalue weighted by Crippen LogP contribution is 2.34. The average molecular weight is 391 g/mol. The van der Waals surface area contributed by atoms with Crippen molar-refractivity contribution >= 4 is 29.0 Å². The number of amides is 1. The zero-order valence-electron chi connectivity index (χ0n) is 16.0. The number of ether oxygens (including phenoxy) is 3. The Morgan fingerprint density at radius 1 is 1.17 bits per heavy atom. The van der Waals surface area contributed by atoms with Crippen LogP contribution in [0.2, 0.25) is 0 Å². The van der Waals surface area contributed by atoms with Crippen LogP contribution in [0.4, 0.5) is 0 Å². The van der Waals surface area contributed by atoms with Crippen molar-refractivity contribution < 1.29 is 19.0 Å². The minimum Gasteiger partial charge on any atom is -0.495 e. The van der Waals surface area contributed by atoms with E-state index in [0.717, 1.165) is 40.8 Å². The van der Waals surface area contributed by atoms with Crippen LogP contribution in [0.5, 0.6) is 17.2 Å². The SMILES string of the molecule is COc1c(C(=O)NC2CC2)ccc2[nH]nc(C=Cc3ccc4c(c3)OCCO4)c12. The fraction of sp³-hybridized carbons (Fsp3) is 0.273. The van der Waals surface area contributed by atoms with Gasteiger partial charge >= 0.3 is 0 Å². The number of rotatable bonds is 5. The van der Waals surface area contributed by atoms with Crippen molar-refractivity contribution in [2.24, 2.45) is 0 Å². The van der Waals surface area contributed by atoms with Crippen molar-refractivity contribution in [3.8, 4) is 17.2 Å². The first-order valence-corrected chi connectivity index (χ1v) is 9.66. The van der Waals surface area contributed by atoms with Crippen LogP contribution in [0.15, 0.2) is 30.3 Å². The molecule has 1 aliphatic heterocycles. The summed E-state index contributed by atoms with van der Waals surface area (Å²) in [6.07, 6.45) is 5.91. The standard InChI is InChI=1S/C22H21N3O4/c1-27-21-15(22(26)23-14-4-5-14)6-8-17-20(21)16(24-25-17)7-2-13-3-9-18-19(12-13)29-11-10-28-18/h2-3,6-9,12,14H,4-5,10-11H2,1H3,(H,23,26)(H,24,25). The van der Waals surface area contributed by atoms with Crippen LogP contribution >= 0.6 is 0 Å². The van der Waals surface area contributed by atoms with Gasteiger partial charge in [-0.15, -0.1) is 0 Å².